The summed E-state index contributed by atoms with van der Waals surface area (Å²) in [6, 6.07) is 1.75. The molecule has 0 aromatic carbocycles. The molecule has 11 nitrogen and oxygen atoms in total. The highest BCUT2D eigenvalue weighted by Crippen LogP contribution is 2.32. The van der Waals surface area contributed by atoms with Gasteiger partial charge in [-0.2, -0.15) is 13.2 Å². The molecule has 2 atom stereocenters. The molecule has 2 amide bonds. The lowest BCUT2D eigenvalue weighted by atomic mass is 9.92. The first-order chi connectivity index (χ1) is 18.0. The van der Waals surface area contributed by atoms with Crippen LogP contribution in [0.1, 0.15) is 31.2 Å². The molecule has 3 N–H and O–H groups in total. The SMILES string of the molecule is CN(C(=O)Nc1cc(C(F)(F)F)cn(C)c1=O)C1CCN(c2cnc3[nH]nc(O[C@H]4CC[C@H]4O)c3c2)CC1. The number of fused-ring (bicyclic) bond motifs is 1. The predicted octanol–water partition coefficient (Wildman–Crippen LogP) is 2.71. The van der Waals surface area contributed by atoms with Gasteiger partial charge >= 0.3 is 12.2 Å². The Morgan fingerprint density at radius 3 is 2.61 bits per heavy atom. The first-order valence-electron chi connectivity index (χ1n) is 12.3. The van der Waals surface area contributed by atoms with Crippen LogP contribution in [0.3, 0.4) is 0 Å². The van der Waals surface area contributed by atoms with E-state index in [1.807, 2.05) is 6.07 Å². The van der Waals surface area contributed by atoms with Crippen LogP contribution in [-0.2, 0) is 13.2 Å². The number of amides is 2. The molecular formula is C24H28F3N7O4. The van der Waals surface area contributed by atoms with Gasteiger partial charge < -0.3 is 29.5 Å². The number of alkyl halides is 3. The second-order valence-corrected chi connectivity index (χ2v) is 9.73. The van der Waals surface area contributed by atoms with Crippen molar-refractivity contribution in [3.63, 3.8) is 0 Å². The van der Waals surface area contributed by atoms with E-state index >= 15 is 0 Å². The molecule has 0 unspecified atom stereocenters. The summed E-state index contributed by atoms with van der Waals surface area (Å²) in [6.07, 6.45) is -0.336. The van der Waals surface area contributed by atoms with Crippen LogP contribution in [0.5, 0.6) is 5.88 Å². The third-order valence-corrected chi connectivity index (χ3v) is 7.26. The molecule has 38 heavy (non-hydrogen) atoms. The number of rotatable bonds is 5. The van der Waals surface area contributed by atoms with E-state index in [1.165, 1.54) is 11.9 Å². The van der Waals surface area contributed by atoms with Crippen LogP contribution in [0.2, 0.25) is 0 Å². The van der Waals surface area contributed by atoms with Crippen LogP contribution < -0.4 is 20.5 Å². The number of nitrogens with zero attached hydrogens (tertiary/aromatic N) is 5. The fourth-order valence-electron chi connectivity index (χ4n) is 4.70. The molecule has 2 fully saturated rings. The summed E-state index contributed by atoms with van der Waals surface area (Å²) in [7, 11) is 2.76. The van der Waals surface area contributed by atoms with Crippen molar-refractivity contribution in [3.05, 3.63) is 40.4 Å². The van der Waals surface area contributed by atoms with Gasteiger partial charge in [-0.1, -0.05) is 0 Å². The summed E-state index contributed by atoms with van der Waals surface area (Å²) in [4.78, 5) is 33.1. The number of carbonyl (C=O) groups is 1. The monoisotopic (exact) mass is 535 g/mol. The number of piperidine rings is 1. The van der Waals surface area contributed by atoms with Crippen LogP contribution in [0.25, 0.3) is 11.0 Å². The van der Waals surface area contributed by atoms with Crippen LogP contribution in [0.4, 0.5) is 29.3 Å². The van der Waals surface area contributed by atoms with Gasteiger partial charge in [-0.3, -0.25) is 9.89 Å². The predicted molar refractivity (Wildman–Crippen MR) is 132 cm³/mol. The number of pyridine rings is 2. The molecule has 1 aliphatic heterocycles. The molecule has 2 aliphatic rings. The molecule has 204 valence electrons. The Morgan fingerprint density at radius 1 is 1.24 bits per heavy atom. The van der Waals surface area contributed by atoms with Gasteiger partial charge in [0.25, 0.3) is 5.56 Å². The van der Waals surface area contributed by atoms with Crippen molar-refractivity contribution in [3.8, 4) is 5.88 Å². The third-order valence-electron chi connectivity index (χ3n) is 7.26. The van der Waals surface area contributed by atoms with Crippen LogP contribution in [0, 0.1) is 0 Å². The summed E-state index contributed by atoms with van der Waals surface area (Å²) in [5, 5.41) is 19.9. The smallest absolute Gasteiger partial charge is 0.417 e. The number of ether oxygens (including phenoxy) is 1. The Kier molecular flexibility index (Phi) is 6.67. The highest BCUT2D eigenvalue weighted by Gasteiger charge is 2.34. The fourth-order valence-corrected chi connectivity index (χ4v) is 4.70. The lowest BCUT2D eigenvalue weighted by molar-refractivity contribution is -0.138. The summed E-state index contributed by atoms with van der Waals surface area (Å²) < 4.78 is 46.1. The summed E-state index contributed by atoms with van der Waals surface area (Å²) >= 11 is 0. The number of anilines is 2. The quantitative estimate of drug-likeness (QED) is 0.458. The topological polar surface area (TPSA) is 129 Å². The summed E-state index contributed by atoms with van der Waals surface area (Å²) in [5.41, 5.74) is -0.748. The Bertz CT molecular complexity index is 1400. The number of hydrogen-bond acceptors (Lipinski definition) is 7. The van der Waals surface area contributed by atoms with Crippen LogP contribution >= 0.6 is 0 Å². The second kappa shape index (κ2) is 9.82. The number of nitrogens with one attached hydrogen (secondary N) is 2. The molecule has 1 saturated heterocycles. The summed E-state index contributed by atoms with van der Waals surface area (Å²) in [5.74, 6) is 0.394. The number of aliphatic hydroxyl groups excluding tert-OH is 1. The van der Waals surface area contributed by atoms with Crippen molar-refractivity contribution in [2.75, 3.05) is 30.4 Å². The maximum atomic E-state index is 13.2. The van der Waals surface area contributed by atoms with Gasteiger partial charge in [-0.05, 0) is 37.8 Å². The van der Waals surface area contributed by atoms with Gasteiger partial charge in [0.2, 0.25) is 5.88 Å². The van der Waals surface area contributed by atoms with E-state index in [2.05, 4.69) is 25.4 Å². The molecule has 4 heterocycles. The van der Waals surface area contributed by atoms with Gasteiger partial charge in [0.05, 0.1) is 28.9 Å². The molecular weight excluding hydrogens is 507 g/mol. The summed E-state index contributed by atoms with van der Waals surface area (Å²) in [6.45, 7) is 1.21. The Morgan fingerprint density at radius 2 is 1.97 bits per heavy atom. The largest absolute Gasteiger partial charge is 0.470 e. The Labute approximate surface area is 215 Å². The maximum absolute atomic E-state index is 13.2. The number of hydrogen-bond donors (Lipinski definition) is 3. The first-order valence-corrected chi connectivity index (χ1v) is 12.3. The van der Waals surface area contributed by atoms with Crippen molar-refractivity contribution in [2.24, 2.45) is 7.05 Å². The molecule has 14 heteroatoms. The van der Waals surface area contributed by atoms with Gasteiger partial charge in [0.1, 0.15) is 11.8 Å². The normalized spacial score (nSPS) is 20.3. The highest BCUT2D eigenvalue weighted by molar-refractivity contribution is 5.89. The standard InChI is InChI=1S/C24H28F3N7O4/c1-32-12-13(24(25,26)27)9-17(22(32)36)29-23(37)33(2)14-5-7-34(8-6-14)15-10-16-20(28-11-15)30-31-21(16)38-19-4-3-18(19)35/h9-12,14,18-19,35H,3-8H2,1-2H3,(H,29,37)(H,28,30,31)/t18-,19+/m1/s1. The third kappa shape index (κ3) is 4.99. The Hall–Kier alpha value is -3.81. The number of aromatic amines is 1. The van der Waals surface area contributed by atoms with E-state index in [1.54, 1.807) is 13.2 Å². The number of H-pyrrole nitrogens is 1. The second-order valence-electron chi connectivity index (χ2n) is 9.73. The number of carbonyl (C=O) groups excluding carboxylic acids is 1. The van der Waals surface area contributed by atoms with Crippen LogP contribution in [0.15, 0.2) is 29.3 Å². The fraction of sp³-hybridized carbons (Fsp3) is 0.500. The van der Waals surface area contributed by atoms with Crippen molar-refractivity contribution in [1.82, 2.24) is 24.6 Å². The van der Waals surface area contributed by atoms with Crippen molar-refractivity contribution in [1.29, 1.82) is 0 Å². The van der Waals surface area contributed by atoms with Gasteiger partial charge in [0, 0.05) is 39.4 Å². The molecule has 1 aliphatic carbocycles. The van der Waals surface area contributed by atoms with E-state index in [0.29, 0.717) is 61.5 Å². The van der Waals surface area contributed by atoms with E-state index < -0.39 is 35.1 Å². The van der Waals surface area contributed by atoms with E-state index in [4.69, 9.17) is 4.74 Å². The molecule has 0 bridgehead atoms. The van der Waals surface area contributed by atoms with Gasteiger partial charge in [0.15, 0.2) is 5.65 Å². The average Bonchev–Trinajstić information content (AvgIpc) is 3.29. The molecule has 0 spiro atoms. The average molecular weight is 536 g/mol. The van der Waals surface area contributed by atoms with Gasteiger partial charge in [-0.25, -0.2) is 9.78 Å². The van der Waals surface area contributed by atoms with Crippen LogP contribution in [-0.4, -0.2) is 74.2 Å². The number of halogens is 3. The van der Waals surface area contributed by atoms with E-state index in [0.717, 1.165) is 16.7 Å². The maximum Gasteiger partial charge on any atom is 0.417 e. The zero-order valence-corrected chi connectivity index (χ0v) is 20.8. The van der Waals surface area contributed by atoms with Crippen molar-refractivity contribution < 1.29 is 27.8 Å². The first kappa shape index (κ1) is 25.8. The molecule has 3 aromatic heterocycles. The minimum Gasteiger partial charge on any atom is -0.470 e. The van der Waals surface area contributed by atoms with E-state index in [9.17, 15) is 27.9 Å². The van der Waals surface area contributed by atoms with E-state index in [-0.39, 0.29) is 12.1 Å². The number of urea groups is 1. The Balaban J connectivity index is 1.22. The molecule has 0 radical (unpaired) electrons. The lowest BCUT2D eigenvalue weighted by Crippen LogP contribution is -2.47. The zero-order chi connectivity index (χ0) is 27.2. The number of aryl methyl sites for hydroxylation is 1. The lowest BCUT2D eigenvalue weighted by Gasteiger charge is -2.37. The highest BCUT2D eigenvalue weighted by atomic mass is 19.4. The number of aliphatic hydroxyl groups is 1. The number of aromatic nitrogens is 4. The van der Waals surface area contributed by atoms with Crippen molar-refractivity contribution >= 4 is 28.4 Å². The molecule has 1 saturated carbocycles. The zero-order valence-electron chi connectivity index (χ0n) is 20.8. The van der Waals surface area contributed by atoms with Gasteiger partial charge in [-0.15, -0.1) is 5.10 Å². The van der Waals surface area contributed by atoms with Crippen molar-refractivity contribution in [2.45, 2.75) is 50.1 Å². The molecule has 3 aromatic rings. The minimum atomic E-state index is -4.65. The molecule has 5 rings (SSSR count). The minimum absolute atomic E-state index is 0.175.